The van der Waals surface area contributed by atoms with Gasteiger partial charge in [-0.2, -0.15) is 17.9 Å². The molecule has 0 aliphatic carbocycles. The molecule has 1 aromatic rings. The van der Waals surface area contributed by atoms with E-state index in [0.29, 0.717) is 5.56 Å². The Morgan fingerprint density at radius 1 is 1.17 bits per heavy atom. The average molecular weight is 272 g/mol. The van der Waals surface area contributed by atoms with Crippen LogP contribution >= 0.6 is 0 Å². The van der Waals surface area contributed by atoms with E-state index in [2.05, 4.69) is 9.44 Å². The van der Waals surface area contributed by atoms with Crippen LogP contribution in [0.25, 0.3) is 0 Å². The highest BCUT2D eigenvalue weighted by molar-refractivity contribution is 7.87. The number of nitrogens with one attached hydrogen (secondary N) is 2. The van der Waals surface area contributed by atoms with Crippen LogP contribution < -0.4 is 9.44 Å². The fourth-order valence-corrected chi connectivity index (χ4v) is 2.64. The van der Waals surface area contributed by atoms with Crippen LogP contribution in [0.3, 0.4) is 0 Å². The molecular formula is C11H16N2O4S. The van der Waals surface area contributed by atoms with E-state index in [4.69, 9.17) is 5.11 Å². The lowest BCUT2D eigenvalue weighted by atomic mass is 10.1. The van der Waals surface area contributed by atoms with Crippen LogP contribution in [0.5, 0.6) is 0 Å². The van der Waals surface area contributed by atoms with Crippen molar-refractivity contribution in [3.63, 3.8) is 0 Å². The Morgan fingerprint density at radius 3 is 2.17 bits per heavy atom. The quantitative estimate of drug-likeness (QED) is 0.708. The number of carboxylic acids is 1. The van der Waals surface area contributed by atoms with Gasteiger partial charge >= 0.3 is 5.97 Å². The highest BCUT2D eigenvalue weighted by atomic mass is 32.2. The largest absolute Gasteiger partial charge is 0.480 e. The molecule has 1 aromatic carbocycles. The summed E-state index contributed by atoms with van der Waals surface area (Å²) in [6.45, 7) is 3.30. The van der Waals surface area contributed by atoms with Crippen molar-refractivity contribution in [3.05, 3.63) is 35.9 Å². The molecule has 0 heterocycles. The minimum absolute atomic E-state index is 0.312. The van der Waals surface area contributed by atoms with Crippen molar-refractivity contribution in [1.82, 2.24) is 9.44 Å². The van der Waals surface area contributed by atoms with Gasteiger partial charge in [0.15, 0.2) is 0 Å². The highest BCUT2D eigenvalue weighted by Gasteiger charge is 2.25. The molecule has 1 rings (SSSR count). The summed E-state index contributed by atoms with van der Waals surface area (Å²) < 4.78 is 27.7. The Morgan fingerprint density at radius 2 is 1.72 bits per heavy atom. The molecule has 0 amide bonds. The Hall–Kier alpha value is -1.44. The molecule has 0 radical (unpaired) electrons. The van der Waals surface area contributed by atoms with Crippen LogP contribution in [0.4, 0.5) is 0 Å². The summed E-state index contributed by atoms with van der Waals surface area (Å²) in [4.78, 5) is 11.1. The van der Waals surface area contributed by atoms with Crippen LogP contribution in [0, 0.1) is 0 Å². The molecule has 0 aliphatic rings. The van der Waals surface area contributed by atoms with E-state index in [1.165, 1.54) is 0 Å². The van der Waals surface area contributed by atoms with Crippen LogP contribution in [0.15, 0.2) is 30.3 Å². The first-order chi connectivity index (χ1) is 8.32. The maximum atomic E-state index is 11.6. The predicted molar refractivity (Wildman–Crippen MR) is 67.1 cm³/mol. The molecule has 100 valence electrons. The van der Waals surface area contributed by atoms with Crippen LogP contribution in [0.2, 0.25) is 0 Å². The van der Waals surface area contributed by atoms with Gasteiger partial charge in [0.2, 0.25) is 0 Å². The van der Waals surface area contributed by atoms with Crippen molar-refractivity contribution in [3.8, 4) is 0 Å². The van der Waals surface area contributed by atoms with Crippen molar-refractivity contribution in [2.45, 2.75) is 25.9 Å². The first kappa shape index (κ1) is 14.6. The van der Waals surface area contributed by atoms with Gasteiger partial charge in [0, 0.05) is 6.04 Å². The standard InChI is InChI=1S/C11H16N2O4S/c1-8(2)12-18(16,17)13-10(11(14)15)9-6-4-3-5-7-9/h3-8,10,12-13H,1-2H3,(H,14,15). The van der Waals surface area contributed by atoms with E-state index in [-0.39, 0.29) is 6.04 Å². The zero-order valence-corrected chi connectivity index (χ0v) is 10.9. The number of carbonyl (C=O) groups is 1. The molecule has 3 N–H and O–H groups in total. The molecule has 1 atom stereocenters. The second-order valence-electron chi connectivity index (χ2n) is 4.08. The van der Waals surface area contributed by atoms with E-state index < -0.39 is 22.2 Å². The number of benzene rings is 1. The third-order valence-electron chi connectivity index (χ3n) is 2.04. The molecule has 1 unspecified atom stereocenters. The maximum absolute atomic E-state index is 11.6. The number of aliphatic carboxylic acids is 1. The SMILES string of the molecule is CC(C)NS(=O)(=O)NC(C(=O)O)c1ccccc1. The van der Waals surface area contributed by atoms with E-state index in [0.717, 1.165) is 0 Å². The molecular weight excluding hydrogens is 256 g/mol. The summed E-state index contributed by atoms with van der Waals surface area (Å²) >= 11 is 0. The summed E-state index contributed by atoms with van der Waals surface area (Å²) in [5, 5.41) is 9.07. The lowest BCUT2D eigenvalue weighted by Crippen LogP contribution is -2.44. The normalized spacial score (nSPS) is 13.5. The molecule has 0 saturated heterocycles. The number of hydrogen-bond acceptors (Lipinski definition) is 3. The molecule has 0 aliphatic heterocycles. The van der Waals surface area contributed by atoms with Crippen molar-refractivity contribution in [2.24, 2.45) is 0 Å². The predicted octanol–water partition coefficient (Wildman–Crippen LogP) is 0.645. The molecule has 0 spiro atoms. The zero-order chi connectivity index (χ0) is 13.8. The van der Waals surface area contributed by atoms with Gasteiger partial charge in [0.1, 0.15) is 6.04 Å². The molecule has 0 bridgehead atoms. The first-order valence-corrected chi connectivity index (χ1v) is 6.87. The van der Waals surface area contributed by atoms with Gasteiger partial charge < -0.3 is 5.11 Å². The lowest BCUT2D eigenvalue weighted by Gasteiger charge is -2.16. The van der Waals surface area contributed by atoms with E-state index >= 15 is 0 Å². The summed E-state index contributed by atoms with van der Waals surface area (Å²) in [6, 6.07) is 6.51. The smallest absolute Gasteiger partial charge is 0.326 e. The number of hydrogen-bond donors (Lipinski definition) is 3. The van der Waals surface area contributed by atoms with Gasteiger partial charge in [-0.05, 0) is 19.4 Å². The van der Waals surface area contributed by atoms with Gasteiger partial charge in [0.25, 0.3) is 10.2 Å². The molecule has 0 saturated carbocycles. The second kappa shape index (κ2) is 5.94. The third-order valence-corrected chi connectivity index (χ3v) is 3.37. The topological polar surface area (TPSA) is 95.5 Å². The maximum Gasteiger partial charge on any atom is 0.326 e. The molecule has 7 heteroatoms. The molecule has 0 fully saturated rings. The van der Waals surface area contributed by atoms with Crippen molar-refractivity contribution in [2.75, 3.05) is 0 Å². The summed E-state index contributed by atoms with van der Waals surface area (Å²) in [5.41, 5.74) is 0.374. The van der Waals surface area contributed by atoms with Crippen LogP contribution in [0.1, 0.15) is 25.5 Å². The fraction of sp³-hybridized carbons (Fsp3) is 0.364. The Labute approximate surface area is 106 Å². The summed E-state index contributed by atoms with van der Waals surface area (Å²) in [5.74, 6) is -1.25. The average Bonchev–Trinajstić information content (AvgIpc) is 2.25. The molecule has 0 aromatic heterocycles. The fourth-order valence-electron chi connectivity index (χ4n) is 1.41. The summed E-state index contributed by atoms with van der Waals surface area (Å²) in [7, 11) is -3.85. The number of rotatable bonds is 6. The summed E-state index contributed by atoms with van der Waals surface area (Å²) in [6.07, 6.45) is 0. The number of carboxylic acid groups (broad SMARTS) is 1. The molecule has 6 nitrogen and oxygen atoms in total. The van der Waals surface area contributed by atoms with Gasteiger partial charge in [-0.25, -0.2) is 0 Å². The molecule has 18 heavy (non-hydrogen) atoms. The van der Waals surface area contributed by atoms with Gasteiger partial charge in [-0.15, -0.1) is 0 Å². The Kier molecular flexibility index (Phi) is 4.83. The van der Waals surface area contributed by atoms with Gasteiger partial charge in [-0.1, -0.05) is 30.3 Å². The van der Waals surface area contributed by atoms with Gasteiger partial charge in [0.05, 0.1) is 0 Å². The minimum atomic E-state index is -3.85. The van der Waals surface area contributed by atoms with Crippen molar-refractivity contribution < 1.29 is 18.3 Å². The first-order valence-electron chi connectivity index (χ1n) is 5.39. The van der Waals surface area contributed by atoms with E-state index in [9.17, 15) is 13.2 Å². The zero-order valence-electron chi connectivity index (χ0n) is 10.1. The second-order valence-corrected chi connectivity index (χ2v) is 5.55. The van der Waals surface area contributed by atoms with Gasteiger partial charge in [-0.3, -0.25) is 4.79 Å². The lowest BCUT2D eigenvalue weighted by molar-refractivity contribution is -0.139. The van der Waals surface area contributed by atoms with Crippen LogP contribution in [-0.4, -0.2) is 25.5 Å². The van der Waals surface area contributed by atoms with Crippen molar-refractivity contribution >= 4 is 16.2 Å². The van der Waals surface area contributed by atoms with E-state index in [1.54, 1.807) is 44.2 Å². The van der Waals surface area contributed by atoms with Crippen LogP contribution in [-0.2, 0) is 15.0 Å². The minimum Gasteiger partial charge on any atom is -0.480 e. The van der Waals surface area contributed by atoms with E-state index in [1.807, 2.05) is 0 Å². The monoisotopic (exact) mass is 272 g/mol. The Balaban J connectivity index is 2.93. The Bertz CT molecular complexity index is 499. The van der Waals surface area contributed by atoms with Crippen molar-refractivity contribution in [1.29, 1.82) is 0 Å². The third kappa shape index (κ3) is 4.44. The highest BCUT2D eigenvalue weighted by Crippen LogP contribution is 2.13.